The molecule has 0 unspecified atom stereocenters. The third kappa shape index (κ3) is 4.92. The Balaban J connectivity index is 1.36. The lowest BCUT2D eigenvalue weighted by atomic mass is 10.2. The summed E-state index contributed by atoms with van der Waals surface area (Å²) in [7, 11) is -3.50. The van der Waals surface area contributed by atoms with E-state index in [9.17, 15) is 18.0 Å². The molecule has 0 saturated carbocycles. The van der Waals surface area contributed by atoms with Crippen LogP contribution in [0.3, 0.4) is 0 Å². The lowest BCUT2D eigenvalue weighted by molar-refractivity contribution is -0.116. The van der Waals surface area contributed by atoms with Gasteiger partial charge in [0.05, 0.1) is 15.1 Å². The fraction of sp³-hybridized carbons (Fsp3) is 0.286. The maximum Gasteiger partial charge on any atom is 0.251 e. The average molecular weight is 459 g/mol. The first-order valence-electron chi connectivity index (χ1n) is 9.97. The van der Waals surface area contributed by atoms with Gasteiger partial charge in [0, 0.05) is 31.6 Å². The Morgan fingerprint density at radius 1 is 1.06 bits per heavy atom. The van der Waals surface area contributed by atoms with Crippen LogP contribution in [0.5, 0.6) is 0 Å². The van der Waals surface area contributed by atoms with E-state index in [4.69, 9.17) is 0 Å². The van der Waals surface area contributed by atoms with Crippen molar-refractivity contribution < 1.29 is 18.0 Å². The molecule has 1 fully saturated rings. The lowest BCUT2D eigenvalue weighted by Crippen LogP contribution is -2.27. The molecule has 1 aromatic heterocycles. The number of fused-ring (bicyclic) bond motifs is 1. The Morgan fingerprint density at radius 2 is 1.81 bits per heavy atom. The molecule has 3 aromatic rings. The minimum Gasteiger partial charge on any atom is -0.352 e. The second-order valence-electron chi connectivity index (χ2n) is 7.18. The number of nitrogens with one attached hydrogen (secondary N) is 2. The maximum absolute atomic E-state index is 12.7. The molecule has 8 nitrogen and oxygen atoms in total. The summed E-state index contributed by atoms with van der Waals surface area (Å²) in [5.41, 5.74) is 1.16. The van der Waals surface area contributed by atoms with Crippen molar-refractivity contribution in [3.05, 3.63) is 54.1 Å². The molecule has 1 aliphatic rings. The Labute approximate surface area is 184 Å². The number of rotatable bonds is 7. The van der Waals surface area contributed by atoms with Crippen LogP contribution in [-0.2, 0) is 14.8 Å². The van der Waals surface area contributed by atoms with E-state index in [1.807, 2.05) is 6.07 Å². The molecule has 162 valence electrons. The van der Waals surface area contributed by atoms with Crippen molar-refractivity contribution in [3.8, 4) is 0 Å². The minimum atomic E-state index is -3.50. The van der Waals surface area contributed by atoms with Crippen molar-refractivity contribution in [2.75, 3.05) is 25.0 Å². The molecule has 0 bridgehead atoms. The number of hydrogen-bond acceptors (Lipinski definition) is 6. The van der Waals surface area contributed by atoms with Gasteiger partial charge in [-0.25, -0.2) is 13.4 Å². The van der Waals surface area contributed by atoms with Gasteiger partial charge in [0.25, 0.3) is 5.91 Å². The summed E-state index contributed by atoms with van der Waals surface area (Å²) < 4.78 is 27.7. The molecule has 0 aliphatic carbocycles. The van der Waals surface area contributed by atoms with E-state index in [0.29, 0.717) is 34.0 Å². The normalized spacial score (nSPS) is 14.6. The first-order chi connectivity index (χ1) is 14.9. The number of carbonyl (C=O) groups excluding carboxylic acids is 2. The molecule has 31 heavy (non-hydrogen) atoms. The number of thiazole rings is 1. The van der Waals surface area contributed by atoms with Crippen molar-refractivity contribution in [1.82, 2.24) is 14.6 Å². The maximum atomic E-state index is 12.7. The largest absolute Gasteiger partial charge is 0.352 e. The fourth-order valence-electron chi connectivity index (χ4n) is 3.36. The van der Waals surface area contributed by atoms with Crippen LogP contribution in [0.25, 0.3) is 10.2 Å². The van der Waals surface area contributed by atoms with Crippen molar-refractivity contribution in [2.24, 2.45) is 0 Å². The highest BCUT2D eigenvalue weighted by Gasteiger charge is 2.27. The number of amides is 2. The standard InChI is InChI=1S/C21H22N4O4S2/c26-19(10-11-22-20(27)15-6-2-1-3-7-15)24-21-23-17-9-8-16(14-18(17)30-21)31(28,29)25-12-4-5-13-25/h1-3,6-9,14H,4-5,10-13H2,(H,22,27)(H,23,24,26). The van der Waals surface area contributed by atoms with Crippen LogP contribution >= 0.6 is 11.3 Å². The summed E-state index contributed by atoms with van der Waals surface area (Å²) in [6, 6.07) is 13.6. The quantitative estimate of drug-likeness (QED) is 0.566. The fourth-order valence-corrected chi connectivity index (χ4v) is 5.90. The van der Waals surface area contributed by atoms with Gasteiger partial charge in [-0.05, 0) is 43.2 Å². The SMILES string of the molecule is O=C(CCNC(=O)c1ccccc1)Nc1nc2ccc(S(=O)(=O)N3CCCC3)cc2s1. The Morgan fingerprint density at radius 3 is 2.55 bits per heavy atom. The zero-order valence-electron chi connectivity index (χ0n) is 16.7. The molecular formula is C21H22N4O4S2. The second kappa shape index (κ2) is 9.13. The van der Waals surface area contributed by atoms with E-state index >= 15 is 0 Å². The van der Waals surface area contributed by atoms with E-state index in [1.54, 1.807) is 42.5 Å². The van der Waals surface area contributed by atoms with E-state index < -0.39 is 10.0 Å². The number of anilines is 1. The number of carbonyl (C=O) groups is 2. The van der Waals surface area contributed by atoms with Gasteiger partial charge in [-0.3, -0.25) is 9.59 Å². The third-order valence-corrected chi connectivity index (χ3v) is 7.81. The highest BCUT2D eigenvalue weighted by Crippen LogP contribution is 2.30. The summed E-state index contributed by atoms with van der Waals surface area (Å²) in [6.45, 7) is 1.29. The number of hydrogen-bond donors (Lipinski definition) is 2. The monoisotopic (exact) mass is 458 g/mol. The molecule has 1 aliphatic heterocycles. The van der Waals surface area contributed by atoms with Crippen LogP contribution in [0, 0.1) is 0 Å². The van der Waals surface area contributed by atoms with Crippen LogP contribution < -0.4 is 10.6 Å². The number of nitrogens with zero attached hydrogens (tertiary/aromatic N) is 2. The van der Waals surface area contributed by atoms with Gasteiger partial charge in [-0.2, -0.15) is 4.31 Å². The zero-order chi connectivity index (χ0) is 21.8. The topological polar surface area (TPSA) is 108 Å². The molecule has 1 saturated heterocycles. The smallest absolute Gasteiger partial charge is 0.251 e. The minimum absolute atomic E-state index is 0.100. The number of aromatic nitrogens is 1. The summed E-state index contributed by atoms with van der Waals surface area (Å²) in [5, 5.41) is 5.81. The van der Waals surface area contributed by atoms with Crippen molar-refractivity contribution in [1.29, 1.82) is 0 Å². The molecule has 0 radical (unpaired) electrons. The van der Waals surface area contributed by atoms with Gasteiger partial charge in [0.1, 0.15) is 0 Å². The first-order valence-corrected chi connectivity index (χ1v) is 12.2. The summed E-state index contributed by atoms with van der Waals surface area (Å²) >= 11 is 1.22. The molecule has 2 amide bonds. The van der Waals surface area contributed by atoms with Gasteiger partial charge < -0.3 is 10.6 Å². The molecule has 4 rings (SSSR count). The van der Waals surface area contributed by atoms with E-state index in [1.165, 1.54) is 15.6 Å². The van der Waals surface area contributed by atoms with Crippen LogP contribution in [0.4, 0.5) is 5.13 Å². The van der Waals surface area contributed by atoms with Crippen molar-refractivity contribution in [2.45, 2.75) is 24.2 Å². The average Bonchev–Trinajstić information content (AvgIpc) is 3.43. The van der Waals surface area contributed by atoms with E-state index in [0.717, 1.165) is 12.8 Å². The predicted molar refractivity (Wildman–Crippen MR) is 120 cm³/mol. The van der Waals surface area contributed by atoms with Crippen molar-refractivity contribution in [3.63, 3.8) is 0 Å². The summed E-state index contributed by atoms with van der Waals surface area (Å²) in [5.74, 6) is -0.516. The second-order valence-corrected chi connectivity index (χ2v) is 10.1. The molecular weight excluding hydrogens is 436 g/mol. The molecule has 10 heteroatoms. The van der Waals surface area contributed by atoms with Crippen LogP contribution in [0.2, 0.25) is 0 Å². The Hall–Kier alpha value is -2.82. The van der Waals surface area contributed by atoms with Gasteiger partial charge in [0.15, 0.2) is 5.13 Å². The van der Waals surface area contributed by atoms with Gasteiger partial charge in [0.2, 0.25) is 15.9 Å². The van der Waals surface area contributed by atoms with Gasteiger partial charge in [-0.15, -0.1) is 0 Å². The molecule has 2 N–H and O–H groups in total. The zero-order valence-corrected chi connectivity index (χ0v) is 18.3. The first kappa shape index (κ1) is 21.4. The van der Waals surface area contributed by atoms with Gasteiger partial charge >= 0.3 is 0 Å². The van der Waals surface area contributed by atoms with Crippen LogP contribution in [-0.4, -0.2) is 49.2 Å². The highest BCUT2D eigenvalue weighted by atomic mass is 32.2. The lowest BCUT2D eigenvalue weighted by Gasteiger charge is -2.15. The molecule has 0 spiro atoms. The third-order valence-electron chi connectivity index (χ3n) is 4.98. The number of sulfonamides is 1. The summed E-state index contributed by atoms with van der Waals surface area (Å²) in [4.78, 5) is 28.8. The van der Waals surface area contributed by atoms with Gasteiger partial charge in [-0.1, -0.05) is 29.5 Å². The van der Waals surface area contributed by atoms with Crippen molar-refractivity contribution >= 4 is 48.5 Å². The molecule has 0 atom stereocenters. The highest BCUT2D eigenvalue weighted by molar-refractivity contribution is 7.89. The Bertz CT molecular complexity index is 1200. The van der Waals surface area contributed by atoms with E-state index in [2.05, 4.69) is 15.6 Å². The van der Waals surface area contributed by atoms with Crippen LogP contribution in [0.1, 0.15) is 29.6 Å². The van der Waals surface area contributed by atoms with Crippen LogP contribution in [0.15, 0.2) is 53.4 Å². The van der Waals surface area contributed by atoms with E-state index in [-0.39, 0.29) is 29.7 Å². The summed E-state index contributed by atoms with van der Waals surface area (Å²) in [6.07, 6.45) is 1.86. The Kier molecular flexibility index (Phi) is 6.30. The number of benzene rings is 2. The predicted octanol–water partition coefficient (Wildman–Crippen LogP) is 2.84. The molecule has 2 aromatic carbocycles. The molecule has 2 heterocycles.